The summed E-state index contributed by atoms with van der Waals surface area (Å²) in [6, 6.07) is 14.7. The van der Waals surface area contributed by atoms with Gasteiger partial charge < -0.3 is 4.74 Å². The number of carbonyl (C=O) groups is 1. The Balaban J connectivity index is 1.84. The van der Waals surface area contributed by atoms with Crippen LogP contribution in [0.15, 0.2) is 54.7 Å². The normalized spacial score (nSPS) is 10.6. The van der Waals surface area contributed by atoms with E-state index in [9.17, 15) is 4.79 Å². The summed E-state index contributed by atoms with van der Waals surface area (Å²) < 4.78 is 7.82. The Morgan fingerprint density at radius 3 is 2.61 bits per heavy atom. The molecule has 1 aromatic heterocycles. The molecule has 0 aliphatic carbocycles. The van der Waals surface area contributed by atoms with Gasteiger partial charge in [-0.05, 0) is 36.8 Å². The predicted molar refractivity (Wildman–Crippen MR) is 108 cm³/mol. The van der Waals surface area contributed by atoms with Gasteiger partial charge in [0.15, 0.2) is 0 Å². The standard InChI is InChI=1S/C20H24N6O2/c1-14-6-4-9-19(26(22)20(27)24(2)21)17(14)13-28-16-8-5-7-15(12-16)18-10-11-23-25(18)3/h4-12H,13,21-22H2,1-3H3. The minimum absolute atomic E-state index is 0.256. The van der Waals surface area contributed by atoms with Gasteiger partial charge >= 0.3 is 6.03 Å². The quantitative estimate of drug-likeness (QED) is 0.402. The number of urea groups is 1. The summed E-state index contributed by atoms with van der Waals surface area (Å²) in [6.07, 6.45) is 1.75. The lowest BCUT2D eigenvalue weighted by atomic mass is 10.1. The van der Waals surface area contributed by atoms with E-state index in [4.69, 9.17) is 16.4 Å². The van der Waals surface area contributed by atoms with Crippen molar-refractivity contribution in [3.63, 3.8) is 0 Å². The second-order valence-corrected chi connectivity index (χ2v) is 6.49. The summed E-state index contributed by atoms with van der Waals surface area (Å²) in [5.74, 6) is 12.2. The van der Waals surface area contributed by atoms with E-state index >= 15 is 0 Å². The van der Waals surface area contributed by atoms with Crippen molar-refractivity contribution in [2.45, 2.75) is 13.5 Å². The van der Waals surface area contributed by atoms with Gasteiger partial charge in [0.25, 0.3) is 0 Å². The third-order valence-electron chi connectivity index (χ3n) is 4.49. The maximum Gasteiger partial charge on any atom is 0.352 e. The molecule has 3 rings (SSSR count). The topological polar surface area (TPSA) is 103 Å². The van der Waals surface area contributed by atoms with Crippen LogP contribution in [0.5, 0.6) is 5.75 Å². The molecule has 0 saturated heterocycles. The molecule has 146 valence electrons. The largest absolute Gasteiger partial charge is 0.489 e. The molecule has 0 bridgehead atoms. The maximum atomic E-state index is 12.1. The molecule has 8 heteroatoms. The molecule has 1 heterocycles. The summed E-state index contributed by atoms with van der Waals surface area (Å²) in [6.45, 7) is 2.20. The Morgan fingerprint density at radius 2 is 1.93 bits per heavy atom. The minimum atomic E-state index is -0.523. The Bertz CT molecular complexity index is 982. The molecule has 0 unspecified atom stereocenters. The van der Waals surface area contributed by atoms with Crippen LogP contribution in [0.4, 0.5) is 10.5 Å². The average molecular weight is 380 g/mol. The summed E-state index contributed by atoms with van der Waals surface area (Å²) in [4.78, 5) is 12.1. The van der Waals surface area contributed by atoms with Crippen LogP contribution in [0.1, 0.15) is 11.1 Å². The molecule has 0 aliphatic rings. The van der Waals surface area contributed by atoms with Gasteiger partial charge in [0.05, 0.1) is 11.4 Å². The molecule has 4 N–H and O–H groups in total. The number of nitrogens with zero attached hydrogens (tertiary/aromatic N) is 4. The lowest BCUT2D eigenvalue weighted by Gasteiger charge is -2.24. The number of hydrazine groups is 2. The van der Waals surface area contributed by atoms with Gasteiger partial charge in [0, 0.05) is 31.4 Å². The second-order valence-electron chi connectivity index (χ2n) is 6.49. The zero-order valence-corrected chi connectivity index (χ0v) is 16.2. The zero-order valence-electron chi connectivity index (χ0n) is 16.2. The lowest BCUT2D eigenvalue weighted by molar-refractivity contribution is 0.216. The highest BCUT2D eigenvalue weighted by Gasteiger charge is 2.19. The van der Waals surface area contributed by atoms with Crippen molar-refractivity contribution in [1.82, 2.24) is 14.8 Å². The molecule has 0 spiro atoms. The highest BCUT2D eigenvalue weighted by atomic mass is 16.5. The van der Waals surface area contributed by atoms with Crippen LogP contribution in [-0.2, 0) is 13.7 Å². The van der Waals surface area contributed by atoms with Gasteiger partial charge in [-0.1, -0.05) is 24.3 Å². The average Bonchev–Trinajstić information content (AvgIpc) is 3.11. The fraction of sp³-hybridized carbons (Fsp3) is 0.200. The van der Waals surface area contributed by atoms with Gasteiger partial charge in [-0.3, -0.25) is 9.69 Å². The van der Waals surface area contributed by atoms with E-state index in [-0.39, 0.29) is 6.61 Å². The fourth-order valence-corrected chi connectivity index (χ4v) is 2.93. The predicted octanol–water partition coefficient (Wildman–Crippen LogP) is 2.58. The first-order valence-electron chi connectivity index (χ1n) is 8.75. The number of ether oxygens (including phenoxy) is 1. The number of aryl methyl sites for hydroxylation is 2. The number of carbonyl (C=O) groups excluding carboxylic acids is 1. The number of amides is 2. The molecule has 0 radical (unpaired) electrons. The van der Waals surface area contributed by atoms with Gasteiger partial charge in [-0.15, -0.1) is 0 Å². The molecular formula is C20H24N6O2. The van der Waals surface area contributed by atoms with Crippen molar-refractivity contribution < 1.29 is 9.53 Å². The molecule has 0 aliphatic heterocycles. The lowest BCUT2D eigenvalue weighted by Crippen LogP contribution is -2.49. The van der Waals surface area contributed by atoms with Crippen molar-refractivity contribution >= 4 is 11.7 Å². The van der Waals surface area contributed by atoms with Gasteiger partial charge in [0.2, 0.25) is 0 Å². The molecule has 0 saturated carbocycles. The summed E-state index contributed by atoms with van der Waals surface area (Å²) >= 11 is 0. The Labute approximate surface area is 163 Å². The van der Waals surface area contributed by atoms with Crippen molar-refractivity contribution in [2.75, 3.05) is 12.1 Å². The maximum absolute atomic E-state index is 12.1. The third-order valence-corrected chi connectivity index (χ3v) is 4.49. The van der Waals surface area contributed by atoms with Crippen molar-refractivity contribution in [2.24, 2.45) is 18.7 Å². The number of hydrogen-bond acceptors (Lipinski definition) is 5. The number of hydrogen-bond donors (Lipinski definition) is 2. The summed E-state index contributed by atoms with van der Waals surface area (Å²) in [5, 5.41) is 6.16. The van der Waals surface area contributed by atoms with Gasteiger partial charge in [-0.25, -0.2) is 21.5 Å². The molecular weight excluding hydrogens is 356 g/mol. The summed E-state index contributed by atoms with van der Waals surface area (Å²) in [5.41, 5.74) is 4.31. The van der Waals surface area contributed by atoms with E-state index < -0.39 is 6.03 Å². The smallest absolute Gasteiger partial charge is 0.352 e. The van der Waals surface area contributed by atoms with E-state index in [0.29, 0.717) is 11.4 Å². The highest BCUT2D eigenvalue weighted by molar-refractivity contribution is 5.91. The molecule has 28 heavy (non-hydrogen) atoms. The van der Waals surface area contributed by atoms with Crippen molar-refractivity contribution in [3.8, 4) is 17.0 Å². The van der Waals surface area contributed by atoms with Crippen LogP contribution >= 0.6 is 0 Å². The number of benzene rings is 2. The Kier molecular flexibility index (Phi) is 5.62. The van der Waals surface area contributed by atoms with Crippen LogP contribution < -0.4 is 21.4 Å². The second kappa shape index (κ2) is 8.12. The third kappa shape index (κ3) is 3.98. The monoisotopic (exact) mass is 380 g/mol. The van der Waals surface area contributed by atoms with Crippen LogP contribution in [-0.4, -0.2) is 27.9 Å². The van der Waals surface area contributed by atoms with Crippen LogP contribution in [0, 0.1) is 6.92 Å². The molecule has 3 aromatic rings. The Hall–Kier alpha value is -3.36. The molecule has 0 atom stereocenters. The zero-order chi connectivity index (χ0) is 20.3. The first kappa shape index (κ1) is 19.4. The van der Waals surface area contributed by atoms with E-state index in [1.807, 2.05) is 56.4 Å². The fourth-order valence-electron chi connectivity index (χ4n) is 2.93. The van der Waals surface area contributed by atoms with E-state index in [0.717, 1.165) is 32.4 Å². The SMILES string of the molecule is Cc1cccc(N(N)C(=O)N(C)N)c1COc1cccc(-c2ccnn2C)c1. The van der Waals surface area contributed by atoms with E-state index in [2.05, 4.69) is 5.10 Å². The highest BCUT2D eigenvalue weighted by Crippen LogP contribution is 2.27. The van der Waals surface area contributed by atoms with Crippen LogP contribution in [0.3, 0.4) is 0 Å². The minimum Gasteiger partial charge on any atom is -0.489 e. The number of rotatable bonds is 5. The van der Waals surface area contributed by atoms with Gasteiger partial charge in [-0.2, -0.15) is 5.10 Å². The number of anilines is 1. The molecule has 2 amide bonds. The van der Waals surface area contributed by atoms with Crippen molar-refractivity contribution in [1.29, 1.82) is 0 Å². The summed E-state index contributed by atoms with van der Waals surface area (Å²) in [7, 11) is 3.34. The van der Waals surface area contributed by atoms with E-state index in [1.165, 1.54) is 7.05 Å². The first-order valence-corrected chi connectivity index (χ1v) is 8.75. The van der Waals surface area contributed by atoms with Crippen LogP contribution in [0.25, 0.3) is 11.3 Å². The Morgan fingerprint density at radius 1 is 1.18 bits per heavy atom. The molecule has 8 nitrogen and oxygen atoms in total. The molecule has 2 aromatic carbocycles. The van der Waals surface area contributed by atoms with Crippen LogP contribution in [0.2, 0.25) is 0 Å². The van der Waals surface area contributed by atoms with E-state index in [1.54, 1.807) is 16.9 Å². The number of nitrogens with two attached hydrogens (primary N) is 2. The number of aromatic nitrogens is 2. The van der Waals surface area contributed by atoms with Crippen molar-refractivity contribution in [3.05, 3.63) is 65.9 Å². The van der Waals surface area contributed by atoms with Gasteiger partial charge in [0.1, 0.15) is 12.4 Å². The molecule has 0 fully saturated rings. The first-order chi connectivity index (χ1) is 13.4.